The van der Waals surface area contributed by atoms with E-state index in [-0.39, 0.29) is 32.0 Å². The Morgan fingerprint density at radius 3 is 1.19 bits per heavy atom. The summed E-state index contributed by atoms with van der Waals surface area (Å²) >= 11 is 0. The molecular weight excluding hydrogens is 798 g/mol. The van der Waals surface area contributed by atoms with E-state index in [0.29, 0.717) is 17.4 Å². The maximum Gasteiger partial charge on any atom is 0.472 e. The van der Waals surface area contributed by atoms with Gasteiger partial charge in [0.2, 0.25) is 0 Å². The van der Waals surface area contributed by atoms with Gasteiger partial charge in [-0.15, -0.1) is 0 Å². The van der Waals surface area contributed by atoms with Crippen LogP contribution in [0.4, 0.5) is 0 Å². The van der Waals surface area contributed by atoms with Crippen molar-refractivity contribution in [2.45, 2.75) is 264 Å². The third-order valence-corrected chi connectivity index (χ3v) is 12.8. The van der Waals surface area contributed by atoms with Crippen LogP contribution in [0.1, 0.15) is 258 Å². The number of unbranched alkanes of at least 4 members (excludes halogenated alkanes) is 33. The Kier molecular flexibility index (Phi) is 44.0. The second-order valence-corrected chi connectivity index (χ2v) is 20.7. The van der Waals surface area contributed by atoms with Crippen molar-refractivity contribution in [2.24, 2.45) is 0 Å². The van der Waals surface area contributed by atoms with Gasteiger partial charge in [-0.25, -0.2) is 4.57 Å². The molecule has 0 saturated heterocycles. The van der Waals surface area contributed by atoms with Gasteiger partial charge in [0.25, 0.3) is 0 Å². The summed E-state index contributed by atoms with van der Waals surface area (Å²) in [4.78, 5) is 35.5. The number of carbonyl (C=O) groups is 2. The molecule has 0 radical (unpaired) electrons. The molecule has 1 unspecified atom stereocenters. The van der Waals surface area contributed by atoms with Gasteiger partial charge in [0.1, 0.15) is 19.8 Å². The standard InChI is InChI=1S/C52H102NO8P/c1-6-8-10-12-14-16-18-20-22-23-24-25-26-27-28-29-31-33-35-37-39-41-43-45-52(55)61-50(49-60-62(56,57)59-47-46-53(3,4)5)48-58-51(54)44-42-40-38-36-34-32-30-21-19-17-15-13-11-9-7-2/h21,30,50H,6-20,22-29,31-49H2,1-5H3/p+1/b30-21+/t50-/m1/s1. The van der Waals surface area contributed by atoms with Crippen molar-refractivity contribution in [2.75, 3.05) is 47.5 Å². The topological polar surface area (TPSA) is 108 Å². The first kappa shape index (κ1) is 60.8. The molecule has 0 aromatic heterocycles. The average Bonchev–Trinajstić information content (AvgIpc) is 3.23. The first-order valence-electron chi connectivity index (χ1n) is 26.4. The highest BCUT2D eigenvalue weighted by Gasteiger charge is 2.27. The molecule has 0 heterocycles. The van der Waals surface area contributed by atoms with Crippen LogP contribution in [0, 0.1) is 0 Å². The largest absolute Gasteiger partial charge is 0.472 e. The lowest BCUT2D eigenvalue weighted by Gasteiger charge is -2.24. The van der Waals surface area contributed by atoms with Gasteiger partial charge in [-0.2, -0.15) is 0 Å². The van der Waals surface area contributed by atoms with Gasteiger partial charge in [0, 0.05) is 12.8 Å². The average molecular weight is 901 g/mol. The number of phosphoric ester groups is 1. The smallest absolute Gasteiger partial charge is 0.462 e. The van der Waals surface area contributed by atoms with E-state index in [1.807, 2.05) is 21.1 Å². The first-order chi connectivity index (χ1) is 30.0. The van der Waals surface area contributed by atoms with Crippen LogP contribution >= 0.6 is 7.82 Å². The van der Waals surface area contributed by atoms with Gasteiger partial charge >= 0.3 is 19.8 Å². The normalized spacial score (nSPS) is 13.5. The second kappa shape index (κ2) is 44.9. The minimum atomic E-state index is -4.38. The van der Waals surface area contributed by atoms with Crippen molar-refractivity contribution >= 4 is 19.8 Å². The number of hydrogen-bond donors (Lipinski definition) is 1. The number of allylic oxidation sites excluding steroid dienone is 2. The molecular formula is C52H103NO8P+. The molecule has 0 amide bonds. The molecule has 0 saturated carbocycles. The SMILES string of the molecule is CCCCCCCC/C=C/CCCCCCCC(=O)OC[C@H](COP(=O)(O)OCC[N+](C)(C)C)OC(=O)CCCCCCCCCCCCCCCCCCCCCCCCC. The van der Waals surface area contributed by atoms with Crippen molar-refractivity contribution in [1.82, 2.24) is 0 Å². The molecule has 0 spiro atoms. The summed E-state index contributed by atoms with van der Waals surface area (Å²) in [7, 11) is 1.49. The number of esters is 2. The van der Waals surface area contributed by atoms with Crippen molar-refractivity contribution in [3.05, 3.63) is 12.2 Å². The number of likely N-dealkylation sites (N-methyl/N-ethyl adjacent to an activating group) is 1. The van der Waals surface area contributed by atoms with Crippen molar-refractivity contribution in [3.63, 3.8) is 0 Å². The molecule has 62 heavy (non-hydrogen) atoms. The fourth-order valence-electron chi connectivity index (χ4n) is 7.66. The van der Waals surface area contributed by atoms with Crippen LogP contribution < -0.4 is 0 Å². The molecule has 9 nitrogen and oxygen atoms in total. The van der Waals surface area contributed by atoms with E-state index in [1.54, 1.807) is 0 Å². The molecule has 1 N–H and O–H groups in total. The lowest BCUT2D eigenvalue weighted by atomic mass is 10.0. The Bertz CT molecular complexity index is 1060. The fourth-order valence-corrected chi connectivity index (χ4v) is 8.40. The van der Waals surface area contributed by atoms with E-state index in [9.17, 15) is 19.0 Å². The highest BCUT2D eigenvalue weighted by molar-refractivity contribution is 7.47. The molecule has 0 fully saturated rings. The van der Waals surface area contributed by atoms with Crippen LogP contribution in [-0.2, 0) is 32.7 Å². The summed E-state index contributed by atoms with van der Waals surface area (Å²) in [6.45, 7) is 4.46. The summed E-state index contributed by atoms with van der Waals surface area (Å²) in [6.07, 6.45) is 49.8. The summed E-state index contributed by atoms with van der Waals surface area (Å²) in [5, 5.41) is 0. The van der Waals surface area contributed by atoms with E-state index in [2.05, 4.69) is 26.0 Å². The zero-order valence-corrected chi connectivity index (χ0v) is 42.5. The number of quaternary nitrogens is 1. The molecule has 0 aliphatic heterocycles. The second-order valence-electron chi connectivity index (χ2n) is 19.3. The molecule has 0 aromatic rings. The Balaban J connectivity index is 4.17. The number of nitrogens with zero attached hydrogens (tertiary/aromatic N) is 1. The number of carbonyl (C=O) groups excluding carboxylic acids is 2. The molecule has 0 bridgehead atoms. The van der Waals surface area contributed by atoms with Crippen LogP contribution in [-0.4, -0.2) is 74.9 Å². The van der Waals surface area contributed by atoms with E-state index in [4.69, 9.17) is 18.5 Å². The van der Waals surface area contributed by atoms with Gasteiger partial charge in [-0.1, -0.05) is 219 Å². The molecule has 0 aliphatic rings. The molecule has 0 rings (SSSR count). The van der Waals surface area contributed by atoms with Crippen LogP contribution in [0.2, 0.25) is 0 Å². The molecule has 0 aliphatic carbocycles. The van der Waals surface area contributed by atoms with Crippen LogP contribution in [0.5, 0.6) is 0 Å². The van der Waals surface area contributed by atoms with Crippen LogP contribution in [0.3, 0.4) is 0 Å². The Morgan fingerprint density at radius 1 is 0.484 bits per heavy atom. The van der Waals surface area contributed by atoms with Gasteiger partial charge in [-0.05, 0) is 38.5 Å². The van der Waals surface area contributed by atoms with Crippen LogP contribution in [0.25, 0.3) is 0 Å². The Morgan fingerprint density at radius 2 is 0.823 bits per heavy atom. The summed E-state index contributed by atoms with van der Waals surface area (Å²) in [5.41, 5.74) is 0. The van der Waals surface area contributed by atoms with Crippen molar-refractivity contribution < 1.29 is 42.1 Å². The quantitative estimate of drug-likeness (QED) is 0.0211. The van der Waals surface area contributed by atoms with Gasteiger partial charge in [0.15, 0.2) is 6.10 Å². The molecule has 0 aromatic carbocycles. The third kappa shape index (κ3) is 48.2. The van der Waals surface area contributed by atoms with Gasteiger partial charge < -0.3 is 18.9 Å². The Labute approximate surface area is 384 Å². The number of rotatable bonds is 49. The predicted octanol–water partition coefficient (Wildman–Crippen LogP) is 15.7. The monoisotopic (exact) mass is 901 g/mol. The number of ether oxygens (including phenoxy) is 2. The van der Waals surface area contributed by atoms with E-state index >= 15 is 0 Å². The Hall–Kier alpha value is -1.25. The zero-order valence-electron chi connectivity index (χ0n) is 41.6. The molecule has 10 heteroatoms. The summed E-state index contributed by atoms with van der Waals surface area (Å²) in [5.74, 6) is -0.793. The fraction of sp³-hybridized carbons (Fsp3) is 0.923. The summed E-state index contributed by atoms with van der Waals surface area (Å²) in [6, 6.07) is 0. The van der Waals surface area contributed by atoms with Crippen molar-refractivity contribution in [3.8, 4) is 0 Å². The van der Waals surface area contributed by atoms with E-state index in [0.717, 1.165) is 51.4 Å². The maximum atomic E-state index is 12.8. The zero-order chi connectivity index (χ0) is 45.7. The first-order valence-corrected chi connectivity index (χ1v) is 27.9. The number of phosphoric acid groups is 1. The van der Waals surface area contributed by atoms with Crippen molar-refractivity contribution in [1.29, 1.82) is 0 Å². The van der Waals surface area contributed by atoms with E-state index < -0.39 is 26.5 Å². The van der Waals surface area contributed by atoms with Gasteiger partial charge in [-0.3, -0.25) is 18.6 Å². The summed E-state index contributed by atoms with van der Waals surface area (Å²) < 4.78 is 34.5. The lowest BCUT2D eigenvalue weighted by Crippen LogP contribution is -2.37. The minimum Gasteiger partial charge on any atom is -0.462 e. The molecule has 368 valence electrons. The predicted molar refractivity (Wildman–Crippen MR) is 261 cm³/mol. The number of hydrogen-bond acceptors (Lipinski definition) is 7. The highest BCUT2D eigenvalue weighted by atomic mass is 31.2. The van der Waals surface area contributed by atoms with Crippen LogP contribution in [0.15, 0.2) is 12.2 Å². The lowest BCUT2D eigenvalue weighted by molar-refractivity contribution is -0.870. The third-order valence-electron chi connectivity index (χ3n) is 11.8. The van der Waals surface area contributed by atoms with E-state index in [1.165, 1.54) is 173 Å². The maximum absolute atomic E-state index is 12.8. The minimum absolute atomic E-state index is 0.0339. The van der Waals surface area contributed by atoms with Gasteiger partial charge in [0.05, 0.1) is 27.7 Å². The highest BCUT2D eigenvalue weighted by Crippen LogP contribution is 2.43. The molecule has 2 atom stereocenters.